The number of anilines is 1. The number of rotatable bonds is 5. The number of fused-ring (bicyclic) bond motifs is 2. The summed E-state index contributed by atoms with van der Waals surface area (Å²) < 4.78 is 16.2. The third-order valence-corrected chi connectivity index (χ3v) is 5.22. The number of aliphatic hydroxyl groups excluding tert-OH is 1. The Morgan fingerprint density at radius 2 is 2.18 bits per heavy atom. The lowest BCUT2D eigenvalue weighted by molar-refractivity contribution is 0.275. The molecule has 0 saturated carbocycles. The number of aromatic nitrogens is 4. The van der Waals surface area contributed by atoms with Gasteiger partial charge in [-0.05, 0) is 44.2 Å². The monoisotopic (exact) mass is 381 g/mol. The molecule has 7 heteroatoms. The minimum Gasteiger partial charge on any atom is -0.390 e. The average Bonchev–Trinajstić information content (AvgIpc) is 3.00. The smallest absolute Gasteiger partial charge is 0.223 e. The molecular formula is C21H24FN5O. The van der Waals surface area contributed by atoms with Gasteiger partial charge in [0.1, 0.15) is 0 Å². The summed E-state index contributed by atoms with van der Waals surface area (Å²) in [6.07, 6.45) is 11.0. The maximum atomic E-state index is 14.6. The molecule has 3 aromatic heterocycles. The zero-order valence-corrected chi connectivity index (χ0v) is 16.1. The fraction of sp³-hybridized carbons (Fsp3) is 0.381. The van der Waals surface area contributed by atoms with Crippen LogP contribution >= 0.6 is 0 Å². The van der Waals surface area contributed by atoms with Crippen molar-refractivity contribution in [2.24, 2.45) is 0 Å². The minimum absolute atomic E-state index is 0.201. The first-order valence-electron chi connectivity index (χ1n) is 9.70. The van der Waals surface area contributed by atoms with E-state index in [0.29, 0.717) is 17.7 Å². The van der Waals surface area contributed by atoms with Crippen molar-refractivity contribution in [2.75, 3.05) is 5.32 Å². The molecule has 0 fully saturated rings. The molecule has 0 saturated heterocycles. The van der Waals surface area contributed by atoms with Crippen molar-refractivity contribution in [3.8, 4) is 0 Å². The first kappa shape index (κ1) is 18.6. The van der Waals surface area contributed by atoms with Gasteiger partial charge in [-0.15, -0.1) is 0 Å². The van der Waals surface area contributed by atoms with Crippen LogP contribution in [0.3, 0.4) is 0 Å². The molecule has 3 aromatic rings. The number of hydrogen-bond acceptors (Lipinski definition) is 5. The fourth-order valence-electron chi connectivity index (χ4n) is 3.48. The van der Waals surface area contributed by atoms with Crippen molar-refractivity contribution in [3.63, 3.8) is 0 Å². The van der Waals surface area contributed by atoms with Gasteiger partial charge in [-0.3, -0.25) is 4.40 Å². The molecule has 0 bridgehead atoms. The lowest BCUT2D eigenvalue weighted by Crippen LogP contribution is -2.16. The lowest BCUT2D eigenvalue weighted by Gasteiger charge is -2.15. The zero-order valence-electron chi connectivity index (χ0n) is 16.1. The second kappa shape index (κ2) is 7.67. The molecule has 0 amide bonds. The van der Waals surface area contributed by atoms with E-state index in [1.54, 1.807) is 4.40 Å². The van der Waals surface area contributed by atoms with Crippen LogP contribution in [0.25, 0.3) is 11.2 Å². The Labute approximate surface area is 163 Å². The molecular weight excluding hydrogens is 357 g/mol. The fourth-order valence-corrected chi connectivity index (χ4v) is 3.48. The van der Waals surface area contributed by atoms with Crippen LogP contribution in [0.1, 0.15) is 55.6 Å². The molecule has 28 heavy (non-hydrogen) atoms. The summed E-state index contributed by atoms with van der Waals surface area (Å²) in [7, 11) is 0. The summed E-state index contributed by atoms with van der Waals surface area (Å²) >= 11 is 0. The van der Waals surface area contributed by atoms with E-state index in [0.717, 1.165) is 48.1 Å². The third-order valence-electron chi connectivity index (χ3n) is 5.22. The van der Waals surface area contributed by atoms with E-state index in [1.165, 1.54) is 12.3 Å². The van der Waals surface area contributed by atoms with Crippen molar-refractivity contribution in [2.45, 2.75) is 52.2 Å². The van der Waals surface area contributed by atoms with E-state index in [2.05, 4.69) is 35.2 Å². The van der Waals surface area contributed by atoms with Crippen LogP contribution in [-0.4, -0.2) is 30.5 Å². The van der Waals surface area contributed by atoms with Gasteiger partial charge >= 0.3 is 0 Å². The van der Waals surface area contributed by atoms with Crippen molar-refractivity contribution >= 4 is 17.2 Å². The highest BCUT2D eigenvalue weighted by Gasteiger charge is 2.19. The van der Waals surface area contributed by atoms with E-state index in [1.807, 2.05) is 12.4 Å². The SMILES string of the molecule is CC[C@H](C)Nc1ncc2c(n1)CCCC=C2c1cc(F)c2ncc(CO)n2c1. The molecule has 6 nitrogen and oxygen atoms in total. The highest BCUT2D eigenvalue weighted by Crippen LogP contribution is 2.31. The van der Waals surface area contributed by atoms with E-state index >= 15 is 0 Å². The van der Waals surface area contributed by atoms with Crippen LogP contribution in [-0.2, 0) is 13.0 Å². The minimum atomic E-state index is -0.417. The topological polar surface area (TPSA) is 75.3 Å². The summed E-state index contributed by atoms with van der Waals surface area (Å²) in [5, 5.41) is 12.8. The molecule has 1 aliphatic rings. The second-order valence-electron chi connectivity index (χ2n) is 7.20. The van der Waals surface area contributed by atoms with Crippen LogP contribution in [0, 0.1) is 5.82 Å². The van der Waals surface area contributed by atoms with Gasteiger partial charge in [0.15, 0.2) is 11.5 Å². The Morgan fingerprint density at radius 3 is 2.96 bits per heavy atom. The number of aryl methyl sites for hydroxylation is 1. The molecule has 0 aliphatic heterocycles. The number of aliphatic hydroxyl groups is 1. The second-order valence-corrected chi connectivity index (χ2v) is 7.20. The van der Waals surface area contributed by atoms with E-state index in [9.17, 15) is 9.50 Å². The highest BCUT2D eigenvalue weighted by molar-refractivity contribution is 5.81. The van der Waals surface area contributed by atoms with Gasteiger partial charge in [0, 0.05) is 29.6 Å². The summed E-state index contributed by atoms with van der Waals surface area (Å²) in [6.45, 7) is 4.01. The first-order chi connectivity index (χ1) is 13.6. The molecule has 0 aromatic carbocycles. The number of nitrogens with zero attached hydrogens (tertiary/aromatic N) is 4. The van der Waals surface area contributed by atoms with Crippen LogP contribution in [0.5, 0.6) is 0 Å². The van der Waals surface area contributed by atoms with Crippen LogP contribution in [0.4, 0.5) is 10.3 Å². The van der Waals surface area contributed by atoms with Crippen LogP contribution in [0.2, 0.25) is 0 Å². The Kier molecular flexibility index (Phi) is 5.09. The molecule has 0 unspecified atom stereocenters. The Hall–Kier alpha value is -2.80. The largest absolute Gasteiger partial charge is 0.390 e. The van der Waals surface area contributed by atoms with Crippen molar-refractivity contribution in [3.05, 3.63) is 59.1 Å². The molecule has 4 rings (SSSR count). The summed E-state index contributed by atoms with van der Waals surface area (Å²) in [6, 6.07) is 1.80. The van der Waals surface area contributed by atoms with Crippen molar-refractivity contribution in [1.29, 1.82) is 0 Å². The van der Waals surface area contributed by atoms with Gasteiger partial charge in [0.25, 0.3) is 0 Å². The van der Waals surface area contributed by atoms with Crippen molar-refractivity contribution in [1.82, 2.24) is 19.4 Å². The quantitative estimate of drug-likeness (QED) is 0.704. The Balaban J connectivity index is 1.79. The number of nitrogens with one attached hydrogen (secondary N) is 1. The third kappa shape index (κ3) is 3.38. The maximum Gasteiger partial charge on any atom is 0.223 e. The number of allylic oxidation sites excluding steroid dienone is 1. The van der Waals surface area contributed by atoms with Crippen LogP contribution in [0.15, 0.2) is 30.7 Å². The van der Waals surface area contributed by atoms with Gasteiger partial charge in [-0.25, -0.2) is 19.3 Å². The molecule has 3 heterocycles. The van der Waals surface area contributed by atoms with Crippen LogP contribution < -0.4 is 5.32 Å². The van der Waals surface area contributed by atoms with Gasteiger partial charge in [0.05, 0.1) is 24.2 Å². The first-order valence-corrected chi connectivity index (χ1v) is 9.70. The van der Waals surface area contributed by atoms with Gasteiger partial charge < -0.3 is 10.4 Å². The van der Waals surface area contributed by atoms with E-state index in [-0.39, 0.29) is 12.3 Å². The van der Waals surface area contributed by atoms with E-state index < -0.39 is 5.82 Å². The number of pyridine rings is 1. The predicted octanol–water partition coefficient (Wildman–Crippen LogP) is 3.73. The summed E-state index contributed by atoms with van der Waals surface area (Å²) in [5.41, 5.74) is 4.31. The lowest BCUT2D eigenvalue weighted by atomic mass is 9.99. The number of hydrogen-bond donors (Lipinski definition) is 2. The highest BCUT2D eigenvalue weighted by atomic mass is 19.1. The van der Waals surface area contributed by atoms with E-state index in [4.69, 9.17) is 4.98 Å². The molecule has 1 atom stereocenters. The molecule has 1 aliphatic carbocycles. The molecule has 146 valence electrons. The molecule has 0 spiro atoms. The number of halogens is 1. The summed E-state index contributed by atoms with van der Waals surface area (Å²) in [4.78, 5) is 13.3. The molecule has 0 radical (unpaired) electrons. The predicted molar refractivity (Wildman–Crippen MR) is 106 cm³/mol. The van der Waals surface area contributed by atoms with Gasteiger partial charge in [-0.1, -0.05) is 13.0 Å². The average molecular weight is 381 g/mol. The molecule has 2 N–H and O–H groups in total. The van der Waals surface area contributed by atoms with Gasteiger partial charge in [0.2, 0.25) is 5.95 Å². The van der Waals surface area contributed by atoms with Gasteiger partial charge in [-0.2, -0.15) is 0 Å². The zero-order chi connectivity index (χ0) is 19.7. The normalized spacial score (nSPS) is 15.1. The Morgan fingerprint density at radius 1 is 1.32 bits per heavy atom. The standard InChI is InChI=1S/C21H24FN5O/c1-3-13(2)25-21-24-10-17-16(6-4-5-7-19(17)26-21)14-8-18(22)20-23-9-15(12-28)27(20)11-14/h6,8-11,13,28H,3-5,7,12H2,1-2H3,(H,24,25,26)/t13-/m0/s1. The summed E-state index contributed by atoms with van der Waals surface area (Å²) in [5.74, 6) is 0.216. The Bertz CT molecular complexity index is 1040. The van der Waals surface area contributed by atoms with Crippen molar-refractivity contribution < 1.29 is 9.50 Å². The maximum absolute atomic E-state index is 14.6. The number of imidazole rings is 1.